The Labute approximate surface area is 149 Å². The van der Waals surface area contributed by atoms with E-state index in [1.165, 1.54) is 0 Å². The fraction of sp³-hybridized carbons (Fsp3) is 0.769. The van der Waals surface area contributed by atoms with Crippen LogP contribution in [0.25, 0.3) is 0 Å². The Bertz CT molecular complexity index is 628. The largest absolute Gasteiger partial charge is 0.598 e. The topological polar surface area (TPSA) is 96.3 Å². The molecule has 7 nitrogen and oxygen atoms in total. The van der Waals surface area contributed by atoms with Crippen molar-refractivity contribution in [1.29, 1.82) is 0 Å². The molecule has 1 aromatic heterocycles. The van der Waals surface area contributed by atoms with E-state index in [0.29, 0.717) is 4.60 Å². The number of rotatable bonds is 7. The summed E-state index contributed by atoms with van der Waals surface area (Å²) in [5.41, 5.74) is 0.790. The molecule has 0 radical (unpaired) electrons. The van der Waals surface area contributed by atoms with Gasteiger partial charge in [0.15, 0.2) is 0 Å². The van der Waals surface area contributed by atoms with Gasteiger partial charge in [-0.1, -0.05) is 0 Å². The fourth-order valence-corrected chi connectivity index (χ4v) is 3.74. The maximum atomic E-state index is 12.2. The molecule has 0 bridgehead atoms. The first-order valence-electron chi connectivity index (χ1n) is 7.09. The maximum Gasteiger partial charge on any atom is 0.264 e. The number of aromatic nitrogens is 2. The molecule has 1 aromatic rings. The van der Waals surface area contributed by atoms with Crippen LogP contribution in [0.3, 0.4) is 0 Å². The van der Waals surface area contributed by atoms with Crippen molar-refractivity contribution >= 4 is 37.4 Å². The summed E-state index contributed by atoms with van der Waals surface area (Å²) < 4.78 is 44.5. The Hall–Kier alpha value is -0.130. The van der Waals surface area contributed by atoms with E-state index >= 15 is 0 Å². The van der Waals surface area contributed by atoms with Gasteiger partial charge in [0.05, 0.1) is 30.6 Å². The quantitative estimate of drug-likeness (QED) is 0.526. The minimum absolute atomic E-state index is 0.223. The number of nitrogens with one attached hydrogen (secondary N) is 1. The molecule has 1 rings (SSSR count). The van der Waals surface area contributed by atoms with Crippen molar-refractivity contribution in [1.82, 2.24) is 14.5 Å². The average Bonchev–Trinajstić information content (AvgIpc) is 2.66. The highest BCUT2D eigenvalue weighted by molar-refractivity contribution is 9.10. The van der Waals surface area contributed by atoms with Crippen molar-refractivity contribution in [2.24, 2.45) is 0 Å². The highest BCUT2D eigenvalue weighted by Crippen LogP contribution is 2.22. The molecule has 1 heterocycles. The molecule has 0 fully saturated rings. The average molecular weight is 430 g/mol. The molecule has 0 aliphatic heterocycles. The zero-order valence-corrected chi connectivity index (χ0v) is 17.4. The van der Waals surface area contributed by atoms with Gasteiger partial charge in [0.25, 0.3) is 10.1 Å². The molecule has 0 amide bonds. The number of hydrogen-bond acceptors (Lipinski definition) is 6. The van der Waals surface area contributed by atoms with Crippen LogP contribution in [0.15, 0.2) is 10.7 Å². The monoisotopic (exact) mass is 429 g/mol. The molecule has 10 heteroatoms. The summed E-state index contributed by atoms with van der Waals surface area (Å²) in [5, 5.41) is 4.29. The third-order valence-corrected chi connectivity index (χ3v) is 5.58. The molecule has 0 saturated carbocycles. The van der Waals surface area contributed by atoms with Crippen LogP contribution in [0.4, 0.5) is 0 Å². The Balaban J connectivity index is 2.88. The first-order valence-corrected chi connectivity index (χ1v) is 10.8. The summed E-state index contributed by atoms with van der Waals surface area (Å²) in [6, 6.07) is 1.59. The predicted molar refractivity (Wildman–Crippen MR) is 94.8 cm³/mol. The molecular formula is C13H24BrN3O4S2. The summed E-state index contributed by atoms with van der Waals surface area (Å²) in [4.78, 5) is 0. The predicted octanol–water partition coefficient (Wildman–Crippen LogP) is 2.12. The third kappa shape index (κ3) is 7.10. The third-order valence-electron chi connectivity index (χ3n) is 2.83. The Morgan fingerprint density at radius 3 is 2.52 bits per heavy atom. The van der Waals surface area contributed by atoms with Crippen LogP contribution in [-0.4, -0.2) is 39.9 Å². The highest BCUT2D eigenvalue weighted by Gasteiger charge is 2.29. The summed E-state index contributed by atoms with van der Waals surface area (Å²) in [6.07, 6.45) is 0.455. The molecule has 0 aromatic carbocycles. The van der Waals surface area contributed by atoms with Crippen LogP contribution in [0.2, 0.25) is 0 Å². The van der Waals surface area contributed by atoms with Gasteiger partial charge in [-0.25, -0.2) is 0 Å². The normalized spacial score (nSPS) is 17.0. The van der Waals surface area contributed by atoms with Gasteiger partial charge in [-0.15, -0.1) is 4.72 Å². The lowest BCUT2D eigenvalue weighted by Gasteiger charge is -2.26. The first-order chi connectivity index (χ1) is 10.3. The van der Waals surface area contributed by atoms with Gasteiger partial charge in [0.2, 0.25) is 0 Å². The minimum atomic E-state index is -3.53. The molecular weight excluding hydrogens is 406 g/mol. The summed E-state index contributed by atoms with van der Waals surface area (Å²) in [6.45, 7) is 9.47. The van der Waals surface area contributed by atoms with Crippen molar-refractivity contribution in [2.75, 3.05) is 6.26 Å². The van der Waals surface area contributed by atoms with E-state index in [0.717, 1.165) is 11.9 Å². The second kappa shape index (κ2) is 7.83. The van der Waals surface area contributed by atoms with Gasteiger partial charge in [0.1, 0.15) is 9.35 Å². The number of halogens is 1. The molecule has 23 heavy (non-hydrogen) atoms. The van der Waals surface area contributed by atoms with E-state index in [-0.39, 0.29) is 17.3 Å². The maximum absolute atomic E-state index is 12.2. The Morgan fingerprint density at radius 2 is 2.04 bits per heavy atom. The molecule has 134 valence electrons. The van der Waals surface area contributed by atoms with Crippen LogP contribution < -0.4 is 4.72 Å². The fourth-order valence-electron chi connectivity index (χ4n) is 1.86. The molecule has 0 spiro atoms. The van der Waals surface area contributed by atoms with E-state index in [1.54, 1.807) is 11.6 Å². The highest BCUT2D eigenvalue weighted by atomic mass is 79.9. The smallest absolute Gasteiger partial charge is 0.264 e. The van der Waals surface area contributed by atoms with Crippen molar-refractivity contribution in [3.8, 4) is 0 Å². The lowest BCUT2D eigenvalue weighted by Crippen LogP contribution is -2.41. The van der Waals surface area contributed by atoms with Crippen LogP contribution in [-0.2, 0) is 32.2 Å². The summed E-state index contributed by atoms with van der Waals surface area (Å²) in [5.74, 6) is 0. The molecule has 2 unspecified atom stereocenters. The van der Waals surface area contributed by atoms with E-state index in [4.69, 9.17) is 4.18 Å². The van der Waals surface area contributed by atoms with E-state index in [2.05, 4.69) is 25.8 Å². The van der Waals surface area contributed by atoms with Gasteiger partial charge in [-0.05, 0) is 56.6 Å². The van der Waals surface area contributed by atoms with Gasteiger partial charge in [-0.2, -0.15) is 13.5 Å². The van der Waals surface area contributed by atoms with Crippen LogP contribution in [0.5, 0.6) is 0 Å². The second-order valence-corrected chi connectivity index (χ2v) is 10.8. The van der Waals surface area contributed by atoms with Crippen LogP contribution in [0, 0.1) is 0 Å². The Kier molecular flexibility index (Phi) is 7.12. The van der Waals surface area contributed by atoms with E-state index < -0.39 is 27.6 Å². The van der Waals surface area contributed by atoms with Crippen LogP contribution >= 0.6 is 15.9 Å². The van der Waals surface area contributed by atoms with Crippen molar-refractivity contribution in [2.45, 2.75) is 58.1 Å². The van der Waals surface area contributed by atoms with Gasteiger partial charge in [-0.3, -0.25) is 8.86 Å². The SMILES string of the molecule is CC(Cn1nc(Br)cc1C(C)N[S@+]([O-])C(C)(C)C)OS(C)(=O)=O. The zero-order chi connectivity index (χ0) is 18.0. The number of nitrogens with zero attached hydrogens (tertiary/aromatic N) is 2. The van der Waals surface area contributed by atoms with E-state index in [1.807, 2.05) is 33.8 Å². The second-order valence-electron chi connectivity index (χ2n) is 6.41. The number of hydrogen-bond donors (Lipinski definition) is 1. The summed E-state index contributed by atoms with van der Waals surface area (Å²) in [7, 11) is -3.53. The minimum Gasteiger partial charge on any atom is -0.598 e. The zero-order valence-electron chi connectivity index (χ0n) is 14.2. The van der Waals surface area contributed by atoms with Crippen molar-refractivity contribution in [3.63, 3.8) is 0 Å². The lowest BCUT2D eigenvalue weighted by atomic mass is 10.2. The van der Waals surface area contributed by atoms with Crippen molar-refractivity contribution < 1.29 is 17.2 Å². The summed E-state index contributed by atoms with van der Waals surface area (Å²) >= 11 is 2.08. The standard InChI is InChI=1S/C13H24BrN3O4S2/c1-9(21-23(6,19)20)8-17-11(7-12(14)15-17)10(2)16-22(18)13(3,4)5/h7,9-10,16H,8H2,1-6H3/t9?,10?,22-/m1/s1. The van der Waals surface area contributed by atoms with Gasteiger partial charge < -0.3 is 4.55 Å². The molecule has 0 saturated heterocycles. The molecule has 0 aliphatic rings. The van der Waals surface area contributed by atoms with Crippen LogP contribution in [0.1, 0.15) is 46.4 Å². The molecule has 0 aliphatic carbocycles. The first kappa shape index (κ1) is 20.9. The van der Waals surface area contributed by atoms with Gasteiger partial charge >= 0.3 is 0 Å². The van der Waals surface area contributed by atoms with Crippen molar-refractivity contribution in [3.05, 3.63) is 16.4 Å². The molecule has 1 N–H and O–H groups in total. The lowest BCUT2D eigenvalue weighted by molar-refractivity contribution is 0.201. The molecule has 3 atom stereocenters. The van der Waals surface area contributed by atoms with E-state index in [9.17, 15) is 13.0 Å². The van der Waals surface area contributed by atoms with Gasteiger partial charge in [0, 0.05) is 11.4 Å². The Morgan fingerprint density at radius 1 is 1.48 bits per heavy atom.